The van der Waals surface area contributed by atoms with Gasteiger partial charge < -0.3 is 20.3 Å². The smallest absolute Gasteiger partial charge is 0.331 e. The van der Waals surface area contributed by atoms with Crippen molar-refractivity contribution in [1.29, 1.82) is 5.26 Å². The summed E-state index contributed by atoms with van der Waals surface area (Å²) in [4.78, 5) is 48.7. The molecule has 0 unspecified atom stereocenters. The Labute approximate surface area is 257 Å². The van der Waals surface area contributed by atoms with Crippen molar-refractivity contribution in [2.24, 2.45) is 5.92 Å². The number of anilines is 3. The first-order valence-corrected chi connectivity index (χ1v) is 15.3. The van der Waals surface area contributed by atoms with Gasteiger partial charge in [0.25, 0.3) is 11.8 Å². The second kappa shape index (κ2) is 11.1. The van der Waals surface area contributed by atoms with Gasteiger partial charge in [-0.05, 0) is 74.1 Å². The minimum absolute atomic E-state index is 0.174. The third-order valence-electron chi connectivity index (χ3n) is 8.03. The Morgan fingerprint density at radius 3 is 2.68 bits per heavy atom. The van der Waals surface area contributed by atoms with E-state index >= 15 is 0 Å². The van der Waals surface area contributed by atoms with Gasteiger partial charge in [-0.15, -0.1) is 11.3 Å². The number of benzene rings is 2. The molecule has 44 heavy (non-hydrogen) atoms. The molecule has 4 aromatic rings. The van der Waals surface area contributed by atoms with Gasteiger partial charge in [0.15, 0.2) is 0 Å². The van der Waals surface area contributed by atoms with Crippen molar-refractivity contribution in [2.75, 3.05) is 23.3 Å². The van der Waals surface area contributed by atoms with Gasteiger partial charge in [-0.25, -0.2) is 9.78 Å². The van der Waals surface area contributed by atoms with Gasteiger partial charge in [-0.3, -0.25) is 14.5 Å². The topological polar surface area (TPSA) is 128 Å². The zero-order chi connectivity index (χ0) is 30.4. The van der Waals surface area contributed by atoms with Crippen molar-refractivity contribution in [3.05, 3.63) is 82.9 Å². The third kappa shape index (κ3) is 5.14. The molecule has 3 aliphatic rings. The summed E-state index contributed by atoms with van der Waals surface area (Å²) in [7, 11) is 0. The molecule has 220 valence electrons. The number of rotatable bonds is 7. The Morgan fingerprint density at radius 2 is 1.93 bits per heavy atom. The van der Waals surface area contributed by atoms with Gasteiger partial charge in [0.05, 0.1) is 22.4 Å². The Kier molecular flexibility index (Phi) is 6.98. The lowest BCUT2D eigenvalue weighted by Crippen LogP contribution is -2.39. The van der Waals surface area contributed by atoms with Crippen LogP contribution in [0.1, 0.15) is 34.5 Å². The summed E-state index contributed by atoms with van der Waals surface area (Å²) < 4.78 is 5.97. The number of nitriles is 1. The van der Waals surface area contributed by atoms with E-state index in [0.717, 1.165) is 18.4 Å². The number of allylic oxidation sites excluding steroid dienone is 1. The van der Waals surface area contributed by atoms with Gasteiger partial charge in [0.1, 0.15) is 32.8 Å². The maximum atomic E-state index is 13.6. The highest BCUT2D eigenvalue weighted by molar-refractivity contribution is 7.21. The molecule has 0 radical (unpaired) electrons. The molecule has 4 amide bonds. The number of thiophene rings is 1. The van der Waals surface area contributed by atoms with Gasteiger partial charge in [-0.2, -0.15) is 5.26 Å². The first kappa shape index (κ1) is 27.6. The molecule has 2 fully saturated rings. The first-order chi connectivity index (χ1) is 21.4. The number of amides is 4. The van der Waals surface area contributed by atoms with Crippen LogP contribution in [-0.2, 0) is 4.79 Å². The van der Waals surface area contributed by atoms with Crippen LogP contribution >= 0.6 is 11.3 Å². The number of likely N-dealkylation sites (tertiary alicyclic amines) is 1. The summed E-state index contributed by atoms with van der Waals surface area (Å²) in [6.07, 6.45) is 5.99. The van der Waals surface area contributed by atoms with Crippen LogP contribution in [0.3, 0.4) is 0 Å². The molecule has 2 aromatic carbocycles. The molecule has 2 N–H and O–H groups in total. The summed E-state index contributed by atoms with van der Waals surface area (Å²) >= 11 is 1.21. The molecule has 0 spiro atoms. The average Bonchev–Trinajstić information content (AvgIpc) is 3.60. The number of urea groups is 1. The maximum absolute atomic E-state index is 13.6. The van der Waals surface area contributed by atoms with Crippen LogP contribution in [0, 0.1) is 24.2 Å². The van der Waals surface area contributed by atoms with Gasteiger partial charge in [-0.1, -0.05) is 24.3 Å². The number of aromatic nitrogens is 1. The largest absolute Gasteiger partial charge is 0.457 e. The highest BCUT2D eigenvalue weighted by Crippen LogP contribution is 2.46. The molecule has 1 atom stereocenters. The predicted molar refractivity (Wildman–Crippen MR) is 167 cm³/mol. The molecule has 1 saturated carbocycles. The monoisotopic (exact) mass is 604 g/mol. The fourth-order valence-corrected chi connectivity index (χ4v) is 6.71. The number of carbonyl (C=O) groups is 3. The van der Waals surface area contributed by atoms with E-state index in [-0.39, 0.29) is 29.5 Å². The molecule has 2 aromatic heterocycles. The second-order valence-electron chi connectivity index (χ2n) is 11.2. The van der Waals surface area contributed by atoms with E-state index in [1.165, 1.54) is 11.3 Å². The van der Waals surface area contributed by atoms with Crippen LogP contribution in [0.2, 0.25) is 0 Å². The fourth-order valence-electron chi connectivity index (χ4n) is 5.69. The van der Waals surface area contributed by atoms with Crippen LogP contribution in [0.25, 0.3) is 10.2 Å². The van der Waals surface area contributed by atoms with E-state index in [1.807, 2.05) is 61.5 Å². The van der Waals surface area contributed by atoms with E-state index in [1.54, 1.807) is 28.1 Å². The minimum atomic E-state index is -0.388. The molecule has 0 bridgehead atoms. The molecule has 2 aliphatic heterocycles. The van der Waals surface area contributed by atoms with Crippen LogP contribution in [-0.4, -0.2) is 46.9 Å². The number of para-hydroxylation sites is 1. The lowest BCUT2D eigenvalue weighted by atomic mass is 10.1. The SMILES string of the molecule is Cc1cc(Oc2ccccc2)ccc1N1C(=O)Nc2c(C(=O)N[C@@H]3CCN(C(=O)/C(C#N)=C/C4CC4)C3)sc3nccc1c23. The number of pyridine rings is 1. The zero-order valence-corrected chi connectivity index (χ0v) is 24.7. The minimum Gasteiger partial charge on any atom is -0.457 e. The number of ether oxygens (including phenoxy) is 1. The van der Waals surface area contributed by atoms with E-state index in [4.69, 9.17) is 4.74 Å². The highest BCUT2D eigenvalue weighted by Gasteiger charge is 2.35. The van der Waals surface area contributed by atoms with E-state index in [2.05, 4.69) is 15.6 Å². The van der Waals surface area contributed by atoms with Gasteiger partial charge >= 0.3 is 6.03 Å². The zero-order valence-electron chi connectivity index (χ0n) is 23.9. The Balaban J connectivity index is 1.12. The van der Waals surface area contributed by atoms with Crippen LogP contribution < -0.4 is 20.3 Å². The molecular formula is C33H28N6O4S. The fraction of sp³-hybridized carbons (Fsp3) is 0.242. The molecule has 4 heterocycles. The number of nitrogens with one attached hydrogen (secondary N) is 2. The Morgan fingerprint density at radius 1 is 1.11 bits per heavy atom. The second-order valence-corrected chi connectivity index (χ2v) is 12.2. The maximum Gasteiger partial charge on any atom is 0.331 e. The Hall–Kier alpha value is -5.21. The van der Waals surface area contributed by atoms with Gasteiger partial charge in [0, 0.05) is 25.3 Å². The molecule has 1 aliphatic carbocycles. The van der Waals surface area contributed by atoms with Crippen molar-refractivity contribution < 1.29 is 19.1 Å². The molecule has 1 saturated heterocycles. The number of aryl methyl sites for hydroxylation is 1. The lowest BCUT2D eigenvalue weighted by molar-refractivity contribution is -0.125. The number of hydrogen-bond acceptors (Lipinski definition) is 7. The van der Waals surface area contributed by atoms with Gasteiger partial charge in [0.2, 0.25) is 0 Å². The third-order valence-corrected chi connectivity index (χ3v) is 9.12. The predicted octanol–water partition coefficient (Wildman–Crippen LogP) is 6.27. The van der Waals surface area contributed by atoms with Crippen LogP contribution in [0.4, 0.5) is 21.9 Å². The quantitative estimate of drug-likeness (QED) is 0.189. The summed E-state index contributed by atoms with van der Waals surface area (Å²) in [6.45, 7) is 2.69. The molecule has 7 rings (SSSR count). The number of hydrogen-bond donors (Lipinski definition) is 2. The summed E-state index contributed by atoms with van der Waals surface area (Å²) in [5.74, 6) is 1.06. The number of carbonyl (C=O) groups excluding carboxylic acids is 3. The van der Waals surface area contributed by atoms with Crippen molar-refractivity contribution in [3.63, 3.8) is 0 Å². The molecule has 11 heteroatoms. The molecule has 10 nitrogen and oxygen atoms in total. The molecular weight excluding hydrogens is 576 g/mol. The average molecular weight is 605 g/mol. The summed E-state index contributed by atoms with van der Waals surface area (Å²) in [6, 6.07) is 18.2. The standard InChI is InChI=1S/C33H28N6O4S/c1-19-15-24(43-23-5-3-2-4-6-23)9-10-25(19)39-26-11-13-35-31-27(26)28(37-33(39)42)29(44-31)30(40)36-22-12-14-38(18-22)32(41)21(17-34)16-20-7-8-20/h2-6,9-11,13,15-16,20,22H,7-8,12,14,18H2,1H3,(H,36,40)(H,37,42)/b21-16+/t22-/m1/s1. The van der Waals surface area contributed by atoms with E-state index in [0.29, 0.717) is 69.1 Å². The van der Waals surface area contributed by atoms with E-state index < -0.39 is 0 Å². The normalized spacial score (nSPS) is 17.8. The van der Waals surface area contributed by atoms with Crippen LogP contribution in [0.5, 0.6) is 11.5 Å². The van der Waals surface area contributed by atoms with Crippen molar-refractivity contribution >= 4 is 56.5 Å². The van der Waals surface area contributed by atoms with Crippen molar-refractivity contribution in [1.82, 2.24) is 15.2 Å². The summed E-state index contributed by atoms with van der Waals surface area (Å²) in [5, 5.41) is 16.1. The number of nitrogens with zero attached hydrogens (tertiary/aromatic N) is 4. The van der Waals surface area contributed by atoms with E-state index in [9.17, 15) is 19.6 Å². The van der Waals surface area contributed by atoms with Crippen molar-refractivity contribution in [2.45, 2.75) is 32.2 Å². The van der Waals surface area contributed by atoms with Crippen LogP contribution in [0.15, 0.2) is 72.4 Å². The first-order valence-electron chi connectivity index (χ1n) is 14.5. The Bertz CT molecular complexity index is 1890. The van der Waals surface area contributed by atoms with Crippen molar-refractivity contribution in [3.8, 4) is 17.6 Å². The summed E-state index contributed by atoms with van der Waals surface area (Å²) in [5.41, 5.74) is 2.75. The highest BCUT2D eigenvalue weighted by atomic mass is 32.1. The lowest BCUT2D eigenvalue weighted by Gasteiger charge is -2.29.